The summed E-state index contributed by atoms with van der Waals surface area (Å²) in [6.07, 6.45) is 15.7. The van der Waals surface area contributed by atoms with Gasteiger partial charge in [-0.25, -0.2) is 0 Å². The molecule has 0 saturated heterocycles. The highest BCUT2D eigenvalue weighted by Gasteiger charge is 2.09. The molecule has 1 aromatic rings. The molecule has 0 heterocycles. The standard InChI is InChI=1S/C20H33N/c1-18-13-15-19(16-14-18)17-21-20-11-9-7-5-3-2-4-6-8-10-12-20/h13-16,20-21H,2-12,17H2,1H3. The molecule has 1 fully saturated rings. The van der Waals surface area contributed by atoms with Crippen molar-refractivity contribution in [3.05, 3.63) is 35.4 Å². The Balaban J connectivity index is 1.75. The largest absolute Gasteiger partial charge is 0.310 e. The van der Waals surface area contributed by atoms with Crippen molar-refractivity contribution in [1.29, 1.82) is 0 Å². The van der Waals surface area contributed by atoms with Crippen LogP contribution in [0.3, 0.4) is 0 Å². The van der Waals surface area contributed by atoms with Crippen LogP contribution in [0.5, 0.6) is 0 Å². The van der Waals surface area contributed by atoms with Crippen LogP contribution in [0, 0.1) is 6.92 Å². The summed E-state index contributed by atoms with van der Waals surface area (Å²) in [5.41, 5.74) is 2.77. The Kier molecular flexibility index (Phi) is 7.88. The molecule has 0 amide bonds. The first-order chi connectivity index (χ1) is 10.3. The fraction of sp³-hybridized carbons (Fsp3) is 0.700. The summed E-state index contributed by atoms with van der Waals surface area (Å²) in [4.78, 5) is 0. The van der Waals surface area contributed by atoms with Crippen LogP contribution in [0.15, 0.2) is 24.3 Å². The number of hydrogen-bond acceptors (Lipinski definition) is 1. The van der Waals surface area contributed by atoms with E-state index in [0.717, 1.165) is 12.6 Å². The van der Waals surface area contributed by atoms with E-state index in [1.54, 1.807) is 0 Å². The number of hydrogen-bond donors (Lipinski definition) is 1. The highest BCUT2D eigenvalue weighted by Crippen LogP contribution is 2.17. The average Bonchev–Trinajstić information content (AvgIpc) is 2.48. The quantitative estimate of drug-likeness (QED) is 0.745. The van der Waals surface area contributed by atoms with E-state index in [9.17, 15) is 0 Å². The molecular formula is C20H33N. The smallest absolute Gasteiger partial charge is 0.0208 e. The zero-order chi connectivity index (χ0) is 14.8. The summed E-state index contributed by atoms with van der Waals surface area (Å²) in [5.74, 6) is 0. The minimum atomic E-state index is 0.728. The first-order valence-corrected chi connectivity index (χ1v) is 9.13. The predicted molar refractivity (Wildman–Crippen MR) is 92.6 cm³/mol. The van der Waals surface area contributed by atoms with Crippen LogP contribution < -0.4 is 5.32 Å². The van der Waals surface area contributed by atoms with Gasteiger partial charge < -0.3 is 5.32 Å². The van der Waals surface area contributed by atoms with Gasteiger partial charge in [0.05, 0.1) is 0 Å². The molecule has 0 atom stereocenters. The summed E-state index contributed by atoms with van der Waals surface area (Å²) in [7, 11) is 0. The fourth-order valence-electron chi connectivity index (χ4n) is 3.34. The molecule has 0 aromatic heterocycles. The lowest BCUT2D eigenvalue weighted by atomic mass is 9.98. The van der Waals surface area contributed by atoms with Crippen LogP contribution in [0.4, 0.5) is 0 Å². The van der Waals surface area contributed by atoms with E-state index in [2.05, 4.69) is 36.5 Å². The molecule has 1 aromatic carbocycles. The zero-order valence-electron chi connectivity index (χ0n) is 13.9. The Bertz CT molecular complexity index is 356. The first kappa shape index (κ1) is 16.5. The normalized spacial score (nSPS) is 19.7. The van der Waals surface area contributed by atoms with Crippen LogP contribution in [-0.2, 0) is 6.54 Å². The second-order valence-corrected chi connectivity index (χ2v) is 6.82. The Morgan fingerprint density at radius 3 is 1.76 bits per heavy atom. The first-order valence-electron chi connectivity index (χ1n) is 9.13. The second-order valence-electron chi connectivity index (χ2n) is 6.82. The number of rotatable bonds is 3. The van der Waals surface area contributed by atoms with Crippen molar-refractivity contribution in [1.82, 2.24) is 5.32 Å². The number of benzene rings is 1. The van der Waals surface area contributed by atoms with Gasteiger partial charge in [0.15, 0.2) is 0 Å². The predicted octanol–water partition coefficient (Wildman–Crippen LogP) is 5.76. The molecule has 1 aliphatic carbocycles. The molecule has 0 unspecified atom stereocenters. The molecule has 1 aliphatic rings. The number of nitrogens with one attached hydrogen (secondary N) is 1. The topological polar surface area (TPSA) is 12.0 Å². The van der Waals surface area contributed by atoms with Gasteiger partial charge in [-0.15, -0.1) is 0 Å². The maximum absolute atomic E-state index is 3.81. The van der Waals surface area contributed by atoms with E-state index < -0.39 is 0 Å². The lowest BCUT2D eigenvalue weighted by molar-refractivity contribution is 0.403. The van der Waals surface area contributed by atoms with Gasteiger partial charge in [0.25, 0.3) is 0 Å². The van der Waals surface area contributed by atoms with E-state index in [-0.39, 0.29) is 0 Å². The molecule has 1 heteroatoms. The van der Waals surface area contributed by atoms with Crippen molar-refractivity contribution in [3.63, 3.8) is 0 Å². The molecule has 0 bridgehead atoms. The summed E-state index contributed by atoms with van der Waals surface area (Å²) in [6.45, 7) is 3.19. The van der Waals surface area contributed by atoms with Gasteiger partial charge in [-0.05, 0) is 25.3 Å². The van der Waals surface area contributed by atoms with Crippen molar-refractivity contribution < 1.29 is 0 Å². The third-order valence-corrected chi connectivity index (χ3v) is 4.82. The summed E-state index contributed by atoms with van der Waals surface area (Å²) >= 11 is 0. The van der Waals surface area contributed by atoms with Crippen LogP contribution in [0.2, 0.25) is 0 Å². The van der Waals surface area contributed by atoms with Crippen LogP contribution in [0.25, 0.3) is 0 Å². The average molecular weight is 287 g/mol. The molecule has 118 valence electrons. The Labute approximate surface area is 131 Å². The van der Waals surface area contributed by atoms with Crippen molar-refractivity contribution in [2.45, 2.75) is 90.1 Å². The highest BCUT2D eigenvalue weighted by atomic mass is 14.9. The maximum Gasteiger partial charge on any atom is 0.0208 e. The molecular weight excluding hydrogens is 254 g/mol. The third-order valence-electron chi connectivity index (χ3n) is 4.82. The van der Waals surface area contributed by atoms with Crippen molar-refractivity contribution in [3.8, 4) is 0 Å². The van der Waals surface area contributed by atoms with Gasteiger partial charge >= 0.3 is 0 Å². The molecule has 0 spiro atoms. The molecule has 2 rings (SSSR count). The van der Waals surface area contributed by atoms with Gasteiger partial charge in [0.2, 0.25) is 0 Å². The monoisotopic (exact) mass is 287 g/mol. The molecule has 21 heavy (non-hydrogen) atoms. The van der Waals surface area contributed by atoms with Gasteiger partial charge in [-0.3, -0.25) is 0 Å². The number of aryl methyl sites for hydroxylation is 1. The minimum Gasteiger partial charge on any atom is -0.310 e. The Morgan fingerprint density at radius 1 is 0.762 bits per heavy atom. The van der Waals surface area contributed by atoms with Crippen LogP contribution >= 0.6 is 0 Å². The van der Waals surface area contributed by atoms with E-state index in [4.69, 9.17) is 0 Å². The molecule has 1 nitrogen and oxygen atoms in total. The minimum absolute atomic E-state index is 0.728. The van der Waals surface area contributed by atoms with E-state index >= 15 is 0 Å². The van der Waals surface area contributed by atoms with E-state index in [1.165, 1.54) is 81.8 Å². The van der Waals surface area contributed by atoms with Gasteiger partial charge in [0.1, 0.15) is 0 Å². The summed E-state index contributed by atoms with van der Waals surface area (Å²) in [5, 5.41) is 3.81. The van der Waals surface area contributed by atoms with E-state index in [0.29, 0.717) is 0 Å². The fourth-order valence-corrected chi connectivity index (χ4v) is 3.34. The maximum atomic E-state index is 3.81. The van der Waals surface area contributed by atoms with Gasteiger partial charge in [-0.2, -0.15) is 0 Å². The lowest BCUT2D eigenvalue weighted by Crippen LogP contribution is -2.28. The molecule has 1 saturated carbocycles. The summed E-state index contributed by atoms with van der Waals surface area (Å²) in [6, 6.07) is 9.69. The zero-order valence-corrected chi connectivity index (χ0v) is 13.9. The highest BCUT2D eigenvalue weighted by molar-refractivity contribution is 5.21. The second kappa shape index (κ2) is 10.00. The van der Waals surface area contributed by atoms with E-state index in [1.807, 2.05) is 0 Å². The van der Waals surface area contributed by atoms with Crippen molar-refractivity contribution >= 4 is 0 Å². The Hall–Kier alpha value is -0.820. The van der Waals surface area contributed by atoms with Gasteiger partial charge in [0, 0.05) is 12.6 Å². The molecule has 1 N–H and O–H groups in total. The van der Waals surface area contributed by atoms with Gasteiger partial charge in [-0.1, -0.05) is 87.6 Å². The van der Waals surface area contributed by atoms with Crippen molar-refractivity contribution in [2.75, 3.05) is 0 Å². The SMILES string of the molecule is Cc1ccc(CNC2CCCCCCCCCCC2)cc1. The lowest BCUT2D eigenvalue weighted by Gasteiger charge is -2.19. The summed E-state index contributed by atoms with van der Waals surface area (Å²) < 4.78 is 0. The van der Waals surface area contributed by atoms with Crippen LogP contribution in [0.1, 0.15) is 81.8 Å². The molecule has 0 radical (unpaired) electrons. The third kappa shape index (κ3) is 7.13. The van der Waals surface area contributed by atoms with Crippen LogP contribution in [-0.4, -0.2) is 6.04 Å². The Morgan fingerprint density at radius 2 is 1.24 bits per heavy atom. The molecule has 0 aliphatic heterocycles. The van der Waals surface area contributed by atoms with Crippen molar-refractivity contribution in [2.24, 2.45) is 0 Å².